The molecule has 5 rings (SSSR count). The number of urea groups is 1. The van der Waals surface area contributed by atoms with E-state index >= 15 is 0 Å². The van der Waals surface area contributed by atoms with Gasteiger partial charge < -0.3 is 10.6 Å². The number of hydrogen-bond donors (Lipinski definition) is 2. The van der Waals surface area contributed by atoms with Gasteiger partial charge in [0.05, 0.1) is 0 Å². The van der Waals surface area contributed by atoms with E-state index in [2.05, 4.69) is 10.6 Å². The first-order chi connectivity index (χ1) is 11.4. The normalized spacial score (nSPS) is 36.4. The molecule has 4 fully saturated rings. The number of carbonyl (C=O) groups excluding carboxylic acids is 2. The summed E-state index contributed by atoms with van der Waals surface area (Å²) in [5, 5.41) is 6.25. The van der Waals surface area contributed by atoms with Crippen LogP contribution in [-0.2, 0) is 4.79 Å². The number of rotatable bonds is 3. The molecule has 4 nitrogen and oxygen atoms in total. The van der Waals surface area contributed by atoms with E-state index in [1.54, 1.807) is 6.92 Å². The van der Waals surface area contributed by atoms with Gasteiger partial charge in [0.15, 0.2) is 0 Å². The number of ketones is 1. The average molecular weight is 326 g/mol. The number of amides is 2. The topological polar surface area (TPSA) is 58.2 Å². The predicted molar refractivity (Wildman–Crippen MR) is 93.8 cm³/mol. The van der Waals surface area contributed by atoms with Gasteiger partial charge in [0, 0.05) is 17.1 Å². The van der Waals surface area contributed by atoms with E-state index in [1.165, 1.54) is 18.4 Å². The maximum absolute atomic E-state index is 12.5. The minimum absolute atomic E-state index is 0.1000. The largest absolute Gasteiger partial charge is 0.332 e. The van der Waals surface area contributed by atoms with Crippen LogP contribution in [0.1, 0.15) is 44.6 Å². The van der Waals surface area contributed by atoms with Crippen molar-refractivity contribution in [3.63, 3.8) is 0 Å². The van der Waals surface area contributed by atoms with Crippen LogP contribution in [0.5, 0.6) is 0 Å². The van der Waals surface area contributed by atoms with Crippen molar-refractivity contribution in [3.8, 4) is 0 Å². The molecule has 0 spiro atoms. The second-order valence-corrected chi connectivity index (χ2v) is 8.33. The minimum atomic E-state index is -0.111. The van der Waals surface area contributed by atoms with Gasteiger partial charge in [-0.1, -0.05) is 17.7 Å². The molecule has 2 atom stereocenters. The monoisotopic (exact) mass is 326 g/mol. The number of carbonyl (C=O) groups is 2. The van der Waals surface area contributed by atoms with Crippen LogP contribution >= 0.6 is 0 Å². The van der Waals surface area contributed by atoms with Crippen LogP contribution in [0, 0.1) is 30.6 Å². The van der Waals surface area contributed by atoms with Gasteiger partial charge in [0.2, 0.25) is 0 Å². The van der Waals surface area contributed by atoms with E-state index in [-0.39, 0.29) is 17.5 Å². The fourth-order valence-corrected chi connectivity index (χ4v) is 5.88. The molecule has 4 aliphatic rings. The van der Waals surface area contributed by atoms with Gasteiger partial charge in [-0.3, -0.25) is 4.79 Å². The average Bonchev–Trinajstić information content (AvgIpc) is 2.47. The molecule has 4 bridgehead atoms. The zero-order chi connectivity index (χ0) is 16.9. The molecule has 128 valence electrons. The summed E-state index contributed by atoms with van der Waals surface area (Å²) in [7, 11) is 0. The van der Waals surface area contributed by atoms with Gasteiger partial charge in [-0.15, -0.1) is 0 Å². The van der Waals surface area contributed by atoms with Gasteiger partial charge in [0.25, 0.3) is 0 Å². The molecule has 2 amide bonds. The molecule has 2 unspecified atom stereocenters. The third-order valence-corrected chi connectivity index (χ3v) is 6.43. The minimum Gasteiger partial charge on any atom is -0.332 e. The Morgan fingerprint density at radius 1 is 1.04 bits per heavy atom. The van der Waals surface area contributed by atoms with Crippen LogP contribution in [0.2, 0.25) is 0 Å². The summed E-state index contributed by atoms with van der Waals surface area (Å²) >= 11 is 0. The highest BCUT2D eigenvalue weighted by Gasteiger charge is 2.56. The van der Waals surface area contributed by atoms with E-state index in [0.29, 0.717) is 23.5 Å². The van der Waals surface area contributed by atoms with Crippen LogP contribution in [0.15, 0.2) is 24.3 Å². The maximum atomic E-state index is 12.5. The molecular formula is C20H26N2O2. The Balaban J connectivity index is 1.46. The highest BCUT2D eigenvalue weighted by molar-refractivity contribution is 5.90. The van der Waals surface area contributed by atoms with Crippen molar-refractivity contribution < 1.29 is 9.59 Å². The van der Waals surface area contributed by atoms with Crippen molar-refractivity contribution in [3.05, 3.63) is 29.8 Å². The number of nitrogens with one attached hydrogen (secondary N) is 2. The number of benzene rings is 1. The first kappa shape index (κ1) is 15.7. The standard InChI is InChI=1S/C20H26N2O2/c1-12-3-5-17(6-4-12)21-19(24)22-20-9-14-7-15(10-20)18(13(2)23)16(8-14)11-20/h3-6,14-16,18H,7-11H2,1-2H3,(H2,21,22,24). The lowest BCUT2D eigenvalue weighted by Crippen LogP contribution is -2.63. The quantitative estimate of drug-likeness (QED) is 0.885. The molecule has 2 N–H and O–H groups in total. The van der Waals surface area contributed by atoms with E-state index in [4.69, 9.17) is 0 Å². The summed E-state index contributed by atoms with van der Waals surface area (Å²) in [4.78, 5) is 24.5. The fraction of sp³-hybridized carbons (Fsp3) is 0.600. The van der Waals surface area contributed by atoms with Gasteiger partial charge >= 0.3 is 6.03 Å². The van der Waals surface area contributed by atoms with Gasteiger partial charge in [-0.2, -0.15) is 0 Å². The van der Waals surface area contributed by atoms with Crippen molar-refractivity contribution in [1.29, 1.82) is 0 Å². The summed E-state index contributed by atoms with van der Waals surface area (Å²) in [6.07, 6.45) is 5.34. The zero-order valence-corrected chi connectivity index (χ0v) is 14.5. The van der Waals surface area contributed by atoms with E-state index in [0.717, 1.165) is 24.9 Å². The maximum Gasteiger partial charge on any atom is 0.319 e. The zero-order valence-electron chi connectivity index (χ0n) is 14.5. The lowest BCUT2D eigenvalue weighted by Gasteiger charge is -2.59. The van der Waals surface area contributed by atoms with Crippen molar-refractivity contribution in [2.24, 2.45) is 23.7 Å². The van der Waals surface area contributed by atoms with Crippen LogP contribution < -0.4 is 10.6 Å². The lowest BCUT2D eigenvalue weighted by molar-refractivity contribution is -0.135. The number of aryl methyl sites for hydroxylation is 1. The third kappa shape index (κ3) is 2.72. The van der Waals surface area contributed by atoms with Gasteiger partial charge in [0.1, 0.15) is 5.78 Å². The molecule has 0 heterocycles. The first-order valence-electron chi connectivity index (χ1n) is 9.10. The predicted octanol–water partition coefficient (Wildman–Crippen LogP) is 3.90. The molecule has 0 aromatic heterocycles. The van der Waals surface area contributed by atoms with Gasteiger partial charge in [-0.25, -0.2) is 4.79 Å². The Labute approximate surface area is 143 Å². The highest BCUT2D eigenvalue weighted by atomic mass is 16.2. The van der Waals surface area contributed by atoms with Crippen LogP contribution in [-0.4, -0.2) is 17.4 Å². The second kappa shape index (κ2) is 5.61. The summed E-state index contributed by atoms with van der Waals surface area (Å²) in [5.41, 5.74) is 1.90. The van der Waals surface area contributed by atoms with Crippen LogP contribution in [0.25, 0.3) is 0 Å². The number of hydrogen-bond acceptors (Lipinski definition) is 2. The molecule has 4 heteroatoms. The van der Waals surface area contributed by atoms with Crippen LogP contribution in [0.4, 0.5) is 10.5 Å². The number of anilines is 1. The number of Topliss-reactive ketones (excluding diaryl/α,β-unsaturated/α-hetero) is 1. The lowest BCUT2D eigenvalue weighted by atomic mass is 9.48. The van der Waals surface area contributed by atoms with Crippen molar-refractivity contribution in [2.75, 3.05) is 5.32 Å². The molecule has 0 radical (unpaired) electrons. The Morgan fingerprint density at radius 2 is 1.67 bits per heavy atom. The van der Waals surface area contributed by atoms with E-state index in [9.17, 15) is 9.59 Å². The summed E-state index contributed by atoms with van der Waals surface area (Å²) in [6, 6.07) is 7.75. The smallest absolute Gasteiger partial charge is 0.319 e. The molecule has 0 saturated heterocycles. The second-order valence-electron chi connectivity index (χ2n) is 8.33. The fourth-order valence-electron chi connectivity index (χ4n) is 5.88. The van der Waals surface area contributed by atoms with Crippen LogP contribution in [0.3, 0.4) is 0 Å². The Bertz CT molecular complexity index is 651. The molecule has 4 saturated carbocycles. The Morgan fingerprint density at radius 3 is 2.25 bits per heavy atom. The summed E-state index contributed by atoms with van der Waals surface area (Å²) < 4.78 is 0. The Kier molecular flexibility index (Phi) is 3.66. The molecule has 24 heavy (non-hydrogen) atoms. The molecule has 1 aromatic rings. The van der Waals surface area contributed by atoms with Gasteiger partial charge in [-0.05, 0) is 75.8 Å². The molecule has 1 aromatic carbocycles. The summed E-state index contributed by atoms with van der Waals surface area (Å²) in [5.74, 6) is 2.19. The first-order valence-corrected chi connectivity index (χ1v) is 9.10. The summed E-state index contributed by atoms with van der Waals surface area (Å²) in [6.45, 7) is 3.78. The van der Waals surface area contributed by atoms with E-state index < -0.39 is 0 Å². The van der Waals surface area contributed by atoms with E-state index in [1.807, 2.05) is 31.2 Å². The SMILES string of the molecule is CC(=O)C1C2CC3CC1CC(NC(=O)Nc1ccc(C)cc1)(C3)C2. The molecular weight excluding hydrogens is 300 g/mol. The molecule has 4 aliphatic carbocycles. The van der Waals surface area contributed by atoms with Crippen molar-refractivity contribution in [1.82, 2.24) is 5.32 Å². The highest BCUT2D eigenvalue weighted by Crippen LogP contribution is 2.58. The Hall–Kier alpha value is -1.84. The van der Waals surface area contributed by atoms with Crippen molar-refractivity contribution >= 4 is 17.5 Å². The van der Waals surface area contributed by atoms with Crippen molar-refractivity contribution in [2.45, 2.75) is 51.5 Å². The third-order valence-electron chi connectivity index (χ3n) is 6.43. The molecule has 0 aliphatic heterocycles.